The van der Waals surface area contributed by atoms with Gasteiger partial charge in [-0.15, -0.1) is 5.10 Å². The van der Waals surface area contributed by atoms with Gasteiger partial charge in [-0.05, 0) is 23.4 Å². The first-order valence-corrected chi connectivity index (χ1v) is 6.39. The maximum absolute atomic E-state index is 10.8. The summed E-state index contributed by atoms with van der Waals surface area (Å²) < 4.78 is 6.45. The Balaban J connectivity index is 2.23. The normalized spacial score (nSPS) is 12.3. The molecule has 0 saturated carbocycles. The van der Waals surface area contributed by atoms with Crippen LogP contribution in [0.2, 0.25) is 0 Å². The highest BCUT2D eigenvalue weighted by Gasteiger charge is 2.16. The standard InChI is InChI=1S/C12H16N6O3/c1-9(13-6-7-21-2)12-14-15-16-17(12)10-4-3-5-11(8-10)18(19)20/h3-5,8-9,13H,6-7H2,1-2H3. The molecule has 1 aromatic heterocycles. The van der Waals surface area contributed by atoms with Crippen molar-refractivity contribution in [2.24, 2.45) is 0 Å². The van der Waals surface area contributed by atoms with Crippen molar-refractivity contribution in [3.05, 3.63) is 40.2 Å². The quantitative estimate of drug-likeness (QED) is 0.458. The third-order valence-electron chi connectivity index (χ3n) is 2.92. The molecule has 112 valence electrons. The van der Waals surface area contributed by atoms with Crippen LogP contribution in [-0.4, -0.2) is 45.4 Å². The molecular formula is C12H16N6O3. The molecule has 1 atom stereocenters. The van der Waals surface area contributed by atoms with Crippen molar-refractivity contribution in [2.45, 2.75) is 13.0 Å². The fourth-order valence-electron chi connectivity index (χ4n) is 1.86. The SMILES string of the molecule is COCCNC(C)c1nnnn1-c1cccc([N+](=O)[O-])c1. The van der Waals surface area contributed by atoms with Gasteiger partial charge in [0.25, 0.3) is 5.69 Å². The molecule has 9 nitrogen and oxygen atoms in total. The van der Waals surface area contributed by atoms with Crippen molar-refractivity contribution in [3.8, 4) is 5.69 Å². The summed E-state index contributed by atoms with van der Waals surface area (Å²) in [4.78, 5) is 10.4. The number of hydrogen-bond acceptors (Lipinski definition) is 7. The average Bonchev–Trinajstić information content (AvgIpc) is 2.97. The summed E-state index contributed by atoms with van der Waals surface area (Å²) in [7, 11) is 1.62. The number of methoxy groups -OCH3 is 1. The molecule has 21 heavy (non-hydrogen) atoms. The zero-order chi connectivity index (χ0) is 15.2. The van der Waals surface area contributed by atoms with Gasteiger partial charge in [0.05, 0.1) is 23.3 Å². The Hall–Kier alpha value is -2.39. The molecule has 0 bridgehead atoms. The van der Waals surface area contributed by atoms with Gasteiger partial charge in [-0.3, -0.25) is 10.1 Å². The van der Waals surface area contributed by atoms with E-state index in [9.17, 15) is 10.1 Å². The molecule has 1 aromatic carbocycles. The van der Waals surface area contributed by atoms with Crippen LogP contribution in [0, 0.1) is 10.1 Å². The largest absolute Gasteiger partial charge is 0.383 e. The number of aromatic nitrogens is 4. The van der Waals surface area contributed by atoms with E-state index in [0.29, 0.717) is 24.7 Å². The first-order chi connectivity index (χ1) is 10.1. The van der Waals surface area contributed by atoms with Gasteiger partial charge in [0.15, 0.2) is 5.82 Å². The topological polar surface area (TPSA) is 108 Å². The lowest BCUT2D eigenvalue weighted by Crippen LogP contribution is -2.25. The van der Waals surface area contributed by atoms with Crippen LogP contribution in [0.5, 0.6) is 0 Å². The Labute approximate surface area is 121 Å². The summed E-state index contributed by atoms with van der Waals surface area (Å²) in [5.41, 5.74) is 0.540. The summed E-state index contributed by atoms with van der Waals surface area (Å²) in [6, 6.07) is 6.06. The lowest BCUT2D eigenvalue weighted by atomic mass is 10.2. The Kier molecular flexibility index (Phi) is 4.90. The molecule has 0 amide bonds. The lowest BCUT2D eigenvalue weighted by molar-refractivity contribution is -0.384. The summed E-state index contributed by atoms with van der Waals surface area (Å²) >= 11 is 0. The van der Waals surface area contributed by atoms with Crippen LogP contribution in [-0.2, 0) is 4.74 Å². The van der Waals surface area contributed by atoms with E-state index in [4.69, 9.17) is 4.74 Å². The molecular weight excluding hydrogens is 276 g/mol. The lowest BCUT2D eigenvalue weighted by Gasteiger charge is -2.13. The van der Waals surface area contributed by atoms with Crippen LogP contribution in [0.25, 0.3) is 5.69 Å². The third-order valence-corrected chi connectivity index (χ3v) is 2.92. The second-order valence-electron chi connectivity index (χ2n) is 4.39. The average molecular weight is 292 g/mol. The van der Waals surface area contributed by atoms with E-state index in [-0.39, 0.29) is 11.7 Å². The van der Waals surface area contributed by atoms with Crippen molar-refractivity contribution < 1.29 is 9.66 Å². The van der Waals surface area contributed by atoms with Crippen LogP contribution in [0.1, 0.15) is 18.8 Å². The maximum Gasteiger partial charge on any atom is 0.271 e. The number of rotatable bonds is 7. The minimum absolute atomic E-state index is 0.00561. The van der Waals surface area contributed by atoms with Gasteiger partial charge < -0.3 is 10.1 Å². The monoisotopic (exact) mass is 292 g/mol. The van der Waals surface area contributed by atoms with E-state index in [1.54, 1.807) is 19.2 Å². The second-order valence-corrected chi connectivity index (χ2v) is 4.39. The third kappa shape index (κ3) is 3.58. The van der Waals surface area contributed by atoms with E-state index < -0.39 is 4.92 Å². The zero-order valence-corrected chi connectivity index (χ0v) is 11.8. The number of ether oxygens (including phenoxy) is 1. The number of nitro groups is 1. The number of nitrogens with zero attached hydrogens (tertiary/aromatic N) is 5. The van der Waals surface area contributed by atoms with Crippen LogP contribution < -0.4 is 5.32 Å². The molecule has 0 radical (unpaired) electrons. The summed E-state index contributed by atoms with van der Waals surface area (Å²) in [6.07, 6.45) is 0. The molecule has 0 aliphatic rings. The van der Waals surface area contributed by atoms with Gasteiger partial charge in [0, 0.05) is 25.8 Å². The molecule has 0 aliphatic carbocycles. The predicted octanol–water partition coefficient (Wildman–Crippen LogP) is 0.867. The Morgan fingerprint density at radius 2 is 2.33 bits per heavy atom. The summed E-state index contributed by atoms with van der Waals surface area (Å²) in [5.74, 6) is 0.576. The van der Waals surface area contributed by atoms with E-state index in [1.165, 1.54) is 16.8 Å². The van der Waals surface area contributed by atoms with Gasteiger partial charge in [-0.1, -0.05) is 6.07 Å². The first-order valence-electron chi connectivity index (χ1n) is 6.39. The van der Waals surface area contributed by atoms with E-state index in [2.05, 4.69) is 20.8 Å². The number of tetrazole rings is 1. The fourth-order valence-corrected chi connectivity index (χ4v) is 1.86. The van der Waals surface area contributed by atoms with Crippen LogP contribution >= 0.6 is 0 Å². The molecule has 2 rings (SSSR count). The molecule has 1 unspecified atom stereocenters. The van der Waals surface area contributed by atoms with E-state index in [1.807, 2.05) is 6.92 Å². The van der Waals surface area contributed by atoms with Crippen molar-refractivity contribution in [3.63, 3.8) is 0 Å². The molecule has 0 fully saturated rings. The summed E-state index contributed by atoms with van der Waals surface area (Å²) in [6.45, 7) is 3.14. The number of nitrogens with one attached hydrogen (secondary N) is 1. The van der Waals surface area contributed by atoms with E-state index in [0.717, 1.165) is 0 Å². The number of benzene rings is 1. The Morgan fingerprint density at radius 1 is 1.52 bits per heavy atom. The van der Waals surface area contributed by atoms with Crippen molar-refractivity contribution >= 4 is 5.69 Å². The van der Waals surface area contributed by atoms with Gasteiger partial charge in [-0.25, -0.2) is 0 Å². The van der Waals surface area contributed by atoms with Crippen molar-refractivity contribution in [2.75, 3.05) is 20.3 Å². The number of hydrogen-bond donors (Lipinski definition) is 1. The molecule has 9 heteroatoms. The number of non-ortho nitro benzene ring substituents is 1. The van der Waals surface area contributed by atoms with Crippen LogP contribution in [0.4, 0.5) is 5.69 Å². The van der Waals surface area contributed by atoms with Gasteiger partial charge >= 0.3 is 0 Å². The van der Waals surface area contributed by atoms with Gasteiger partial charge in [0.1, 0.15) is 0 Å². The minimum Gasteiger partial charge on any atom is -0.383 e. The molecule has 0 aliphatic heterocycles. The summed E-state index contributed by atoms with van der Waals surface area (Å²) in [5, 5.41) is 25.6. The Morgan fingerprint density at radius 3 is 3.05 bits per heavy atom. The highest BCUT2D eigenvalue weighted by molar-refractivity contribution is 5.42. The van der Waals surface area contributed by atoms with Gasteiger partial charge in [0.2, 0.25) is 0 Å². The maximum atomic E-state index is 10.8. The molecule has 0 spiro atoms. The molecule has 0 saturated heterocycles. The molecule has 1 N–H and O–H groups in total. The van der Waals surface area contributed by atoms with Crippen molar-refractivity contribution in [1.82, 2.24) is 25.5 Å². The van der Waals surface area contributed by atoms with E-state index >= 15 is 0 Å². The zero-order valence-electron chi connectivity index (χ0n) is 11.8. The fraction of sp³-hybridized carbons (Fsp3) is 0.417. The predicted molar refractivity (Wildman–Crippen MR) is 74.1 cm³/mol. The number of nitro benzene ring substituents is 1. The van der Waals surface area contributed by atoms with Gasteiger partial charge in [-0.2, -0.15) is 4.68 Å². The first kappa shape index (κ1) is 15.0. The molecule has 1 heterocycles. The van der Waals surface area contributed by atoms with Crippen molar-refractivity contribution in [1.29, 1.82) is 0 Å². The highest BCUT2D eigenvalue weighted by atomic mass is 16.6. The second kappa shape index (κ2) is 6.86. The minimum atomic E-state index is -0.451. The molecule has 2 aromatic rings. The highest BCUT2D eigenvalue weighted by Crippen LogP contribution is 2.18. The Bertz CT molecular complexity index is 615. The smallest absolute Gasteiger partial charge is 0.271 e. The van der Waals surface area contributed by atoms with Crippen LogP contribution in [0.15, 0.2) is 24.3 Å². The van der Waals surface area contributed by atoms with Crippen LogP contribution in [0.3, 0.4) is 0 Å².